The maximum absolute atomic E-state index is 10.1. The molecule has 0 fully saturated rings. The highest BCUT2D eigenvalue weighted by molar-refractivity contribution is 7.98. The summed E-state index contributed by atoms with van der Waals surface area (Å²) in [5.41, 5.74) is 0. The van der Waals surface area contributed by atoms with Crippen molar-refractivity contribution in [3.63, 3.8) is 0 Å². The van der Waals surface area contributed by atoms with Crippen molar-refractivity contribution >= 4 is 18.0 Å². The fourth-order valence-electron chi connectivity index (χ4n) is 0.682. The average Bonchev–Trinajstić information content (AvgIpc) is 2.53. The second-order valence-corrected chi connectivity index (χ2v) is 3.32. The third-order valence-electron chi connectivity index (χ3n) is 1.16. The van der Waals surface area contributed by atoms with E-state index in [1.165, 1.54) is 0 Å². The molecule has 1 aromatic heterocycles. The first-order valence-corrected chi connectivity index (χ1v) is 4.87. The maximum atomic E-state index is 10.1. The molecule has 0 radical (unpaired) electrons. The Morgan fingerprint density at radius 3 is 3.08 bits per heavy atom. The van der Waals surface area contributed by atoms with Crippen LogP contribution in [0.5, 0.6) is 0 Å². The molecule has 0 amide bonds. The van der Waals surface area contributed by atoms with E-state index in [-0.39, 0.29) is 5.89 Å². The van der Waals surface area contributed by atoms with Gasteiger partial charge in [-0.3, -0.25) is 4.79 Å². The molecular weight excluding hydrogens is 176 g/mol. The van der Waals surface area contributed by atoms with Crippen LogP contribution in [0, 0.1) is 0 Å². The highest BCUT2D eigenvalue weighted by Gasteiger charge is 2.03. The van der Waals surface area contributed by atoms with Gasteiger partial charge in [0.2, 0.25) is 6.29 Å². The van der Waals surface area contributed by atoms with Crippen molar-refractivity contribution in [2.45, 2.75) is 19.1 Å². The molecule has 0 spiro atoms. The first kappa shape index (κ1) is 9.25. The van der Waals surface area contributed by atoms with E-state index in [1.54, 1.807) is 11.8 Å². The molecular formula is C7H10N2O2S. The van der Waals surface area contributed by atoms with Crippen LogP contribution in [0.2, 0.25) is 0 Å². The molecule has 5 heteroatoms. The molecule has 0 atom stereocenters. The van der Waals surface area contributed by atoms with Crippen LogP contribution in [0.1, 0.15) is 29.9 Å². The van der Waals surface area contributed by atoms with E-state index >= 15 is 0 Å². The summed E-state index contributed by atoms with van der Waals surface area (Å²) in [5.74, 6) is 2.44. The number of carbonyl (C=O) groups excluding carboxylic acids is 1. The van der Waals surface area contributed by atoms with Gasteiger partial charge in [0.1, 0.15) is 0 Å². The van der Waals surface area contributed by atoms with Gasteiger partial charge in [0.15, 0.2) is 5.82 Å². The normalized spacial score (nSPS) is 10.1. The number of rotatable bonds is 5. The molecule has 0 saturated carbocycles. The number of carbonyl (C=O) groups is 1. The zero-order chi connectivity index (χ0) is 8.81. The van der Waals surface area contributed by atoms with Crippen LogP contribution in [-0.4, -0.2) is 22.2 Å². The number of aromatic nitrogens is 2. The number of thioether (sulfide) groups is 1. The largest absolute Gasteiger partial charge is 0.331 e. The van der Waals surface area contributed by atoms with Gasteiger partial charge in [-0.1, -0.05) is 12.1 Å². The lowest BCUT2D eigenvalue weighted by Gasteiger charge is -1.91. The van der Waals surface area contributed by atoms with Gasteiger partial charge >= 0.3 is 0 Å². The van der Waals surface area contributed by atoms with Crippen LogP contribution in [0.3, 0.4) is 0 Å². The third-order valence-corrected chi connectivity index (χ3v) is 2.32. The van der Waals surface area contributed by atoms with E-state index in [9.17, 15) is 4.79 Å². The molecule has 12 heavy (non-hydrogen) atoms. The number of aldehydes is 1. The molecule has 0 aliphatic rings. The van der Waals surface area contributed by atoms with E-state index in [0.29, 0.717) is 17.9 Å². The Morgan fingerprint density at radius 2 is 2.50 bits per heavy atom. The van der Waals surface area contributed by atoms with E-state index in [4.69, 9.17) is 0 Å². The Morgan fingerprint density at radius 1 is 1.67 bits per heavy atom. The van der Waals surface area contributed by atoms with Crippen molar-refractivity contribution in [2.75, 3.05) is 5.75 Å². The minimum atomic E-state index is 0.0575. The summed E-state index contributed by atoms with van der Waals surface area (Å²) in [6.45, 7) is 2.11. The van der Waals surface area contributed by atoms with E-state index in [1.807, 2.05) is 0 Å². The summed E-state index contributed by atoms with van der Waals surface area (Å²) in [6.07, 6.45) is 1.68. The van der Waals surface area contributed by atoms with Crippen LogP contribution >= 0.6 is 11.8 Å². The minimum Gasteiger partial charge on any atom is -0.331 e. The Bertz CT molecular complexity index is 249. The predicted octanol–water partition coefficient (Wildman–Crippen LogP) is 1.53. The smallest absolute Gasteiger partial charge is 0.290 e. The molecule has 0 aliphatic carbocycles. The molecule has 1 aromatic rings. The topological polar surface area (TPSA) is 56.0 Å². The van der Waals surface area contributed by atoms with Gasteiger partial charge in [-0.2, -0.15) is 16.7 Å². The van der Waals surface area contributed by atoms with Crippen molar-refractivity contribution in [1.29, 1.82) is 0 Å². The molecule has 1 rings (SSSR count). The van der Waals surface area contributed by atoms with Crippen molar-refractivity contribution in [3.8, 4) is 0 Å². The summed E-state index contributed by atoms with van der Waals surface area (Å²) >= 11 is 1.73. The molecule has 0 aliphatic heterocycles. The van der Waals surface area contributed by atoms with Gasteiger partial charge in [0.25, 0.3) is 5.89 Å². The average molecular weight is 186 g/mol. The Kier molecular flexibility index (Phi) is 3.79. The van der Waals surface area contributed by atoms with Gasteiger partial charge < -0.3 is 4.52 Å². The predicted molar refractivity (Wildman–Crippen MR) is 46.1 cm³/mol. The Balaban J connectivity index is 2.36. The quantitative estimate of drug-likeness (QED) is 0.515. The molecule has 66 valence electrons. The summed E-state index contributed by atoms with van der Waals surface area (Å²) in [7, 11) is 0. The maximum Gasteiger partial charge on any atom is 0.290 e. The second-order valence-electron chi connectivity index (χ2n) is 2.22. The molecule has 4 nitrogen and oxygen atoms in total. The van der Waals surface area contributed by atoms with Crippen molar-refractivity contribution in [1.82, 2.24) is 10.1 Å². The lowest BCUT2D eigenvalue weighted by molar-refractivity contribution is 0.108. The fourth-order valence-corrected chi connectivity index (χ4v) is 1.41. The molecule has 0 bridgehead atoms. The van der Waals surface area contributed by atoms with Crippen LogP contribution in [-0.2, 0) is 5.75 Å². The third kappa shape index (κ3) is 2.65. The lowest BCUT2D eigenvalue weighted by Crippen LogP contribution is -1.85. The number of hydrogen-bond acceptors (Lipinski definition) is 5. The van der Waals surface area contributed by atoms with Crippen LogP contribution in [0.4, 0.5) is 0 Å². The number of nitrogens with zero attached hydrogens (tertiary/aromatic N) is 2. The second kappa shape index (κ2) is 4.92. The first-order chi connectivity index (χ1) is 5.86. The number of hydrogen-bond donors (Lipinski definition) is 0. The van der Waals surface area contributed by atoms with Crippen molar-refractivity contribution < 1.29 is 9.32 Å². The van der Waals surface area contributed by atoms with E-state index < -0.39 is 0 Å². The highest BCUT2D eigenvalue weighted by atomic mass is 32.2. The van der Waals surface area contributed by atoms with Crippen LogP contribution in [0.15, 0.2) is 4.52 Å². The Labute approximate surface area is 74.7 Å². The fraction of sp³-hybridized carbons (Fsp3) is 0.571. The standard InChI is InChI=1S/C7H10N2O2S/c1-2-3-12-5-6-8-7(4-10)11-9-6/h4H,2-3,5H2,1H3. The first-order valence-electron chi connectivity index (χ1n) is 3.72. The summed E-state index contributed by atoms with van der Waals surface area (Å²) in [6, 6.07) is 0. The zero-order valence-corrected chi connectivity index (χ0v) is 7.63. The van der Waals surface area contributed by atoms with Gasteiger partial charge in [-0.05, 0) is 12.2 Å². The lowest BCUT2D eigenvalue weighted by atomic mass is 10.6. The van der Waals surface area contributed by atoms with Crippen LogP contribution < -0.4 is 0 Å². The summed E-state index contributed by atoms with van der Waals surface area (Å²) in [4.78, 5) is 14.0. The van der Waals surface area contributed by atoms with Gasteiger partial charge in [0, 0.05) is 0 Å². The Hall–Kier alpha value is -0.840. The van der Waals surface area contributed by atoms with Gasteiger partial charge in [0.05, 0.1) is 5.75 Å². The molecule has 0 unspecified atom stereocenters. The van der Waals surface area contributed by atoms with Crippen molar-refractivity contribution in [2.24, 2.45) is 0 Å². The van der Waals surface area contributed by atoms with Crippen LogP contribution in [0.25, 0.3) is 0 Å². The van der Waals surface area contributed by atoms with Gasteiger partial charge in [-0.15, -0.1) is 0 Å². The highest BCUT2D eigenvalue weighted by Crippen LogP contribution is 2.09. The molecule has 0 saturated heterocycles. The monoisotopic (exact) mass is 186 g/mol. The summed E-state index contributed by atoms with van der Waals surface area (Å²) in [5, 5.41) is 3.62. The van der Waals surface area contributed by atoms with E-state index in [0.717, 1.165) is 12.2 Å². The van der Waals surface area contributed by atoms with E-state index in [2.05, 4.69) is 21.6 Å². The SMILES string of the molecule is CCCSCc1noc(C=O)n1. The molecule has 0 aromatic carbocycles. The molecule has 0 N–H and O–H groups in total. The van der Waals surface area contributed by atoms with Crippen molar-refractivity contribution in [3.05, 3.63) is 11.7 Å². The van der Waals surface area contributed by atoms with Gasteiger partial charge in [-0.25, -0.2) is 0 Å². The minimum absolute atomic E-state index is 0.0575. The molecule has 1 heterocycles. The zero-order valence-electron chi connectivity index (χ0n) is 6.82. The summed E-state index contributed by atoms with van der Waals surface area (Å²) < 4.78 is 4.60.